The van der Waals surface area contributed by atoms with Crippen LogP contribution >= 0.6 is 12.2 Å². The highest BCUT2D eigenvalue weighted by molar-refractivity contribution is 7.80. The minimum Gasteiger partial charge on any atom is -0.358 e. The Kier molecular flexibility index (Phi) is 5.86. The fourth-order valence-corrected chi connectivity index (χ4v) is 3.86. The molecule has 24 heavy (non-hydrogen) atoms. The Morgan fingerprint density at radius 2 is 1.96 bits per heavy atom. The summed E-state index contributed by atoms with van der Waals surface area (Å²) in [6, 6.07) is 8.48. The molecule has 0 aliphatic carbocycles. The molecule has 0 aromatic heterocycles. The van der Waals surface area contributed by atoms with Crippen molar-refractivity contribution in [3.8, 4) is 0 Å². The SMILES string of the molecule is CCc1ccc(N(CC)C(=O)CN2C(=S)NC(C)(C)C[C@@H]2C)cc1. The summed E-state index contributed by atoms with van der Waals surface area (Å²) in [6.45, 7) is 11.5. The maximum Gasteiger partial charge on any atom is 0.246 e. The standard InChI is InChI=1S/C19H29N3OS/c1-6-15-8-10-16(11-9-15)21(7-2)17(23)13-22-14(3)12-19(4,5)20-18(22)24/h8-11,14H,6-7,12-13H2,1-5H3,(H,20,24)/t14-/m0/s1. The summed E-state index contributed by atoms with van der Waals surface area (Å²) < 4.78 is 0. The molecule has 1 aromatic rings. The van der Waals surface area contributed by atoms with Gasteiger partial charge >= 0.3 is 0 Å². The van der Waals surface area contributed by atoms with Gasteiger partial charge < -0.3 is 15.1 Å². The van der Waals surface area contributed by atoms with Gasteiger partial charge in [-0.15, -0.1) is 0 Å². The van der Waals surface area contributed by atoms with E-state index in [4.69, 9.17) is 12.2 Å². The van der Waals surface area contributed by atoms with Crippen molar-refractivity contribution in [1.29, 1.82) is 0 Å². The highest BCUT2D eigenvalue weighted by Crippen LogP contribution is 2.23. The fraction of sp³-hybridized carbons (Fsp3) is 0.579. The van der Waals surface area contributed by atoms with E-state index in [1.54, 1.807) is 0 Å². The van der Waals surface area contributed by atoms with Crippen LogP contribution in [-0.4, -0.2) is 40.6 Å². The fourth-order valence-electron chi connectivity index (χ4n) is 3.33. The summed E-state index contributed by atoms with van der Waals surface area (Å²) in [5.41, 5.74) is 2.21. The molecule has 0 spiro atoms. The molecular weight excluding hydrogens is 318 g/mol. The minimum atomic E-state index is -0.0174. The van der Waals surface area contributed by atoms with Crippen molar-refractivity contribution in [2.75, 3.05) is 18.0 Å². The molecule has 1 amide bonds. The summed E-state index contributed by atoms with van der Waals surface area (Å²) in [7, 11) is 0. The Morgan fingerprint density at radius 1 is 1.33 bits per heavy atom. The van der Waals surface area contributed by atoms with E-state index < -0.39 is 0 Å². The van der Waals surface area contributed by atoms with Gasteiger partial charge in [0.2, 0.25) is 5.91 Å². The van der Waals surface area contributed by atoms with Gasteiger partial charge in [-0.3, -0.25) is 4.79 Å². The summed E-state index contributed by atoms with van der Waals surface area (Å²) in [5, 5.41) is 4.01. The number of nitrogens with zero attached hydrogens (tertiary/aromatic N) is 2. The third-order valence-electron chi connectivity index (χ3n) is 4.62. The molecule has 0 saturated carbocycles. The average Bonchev–Trinajstić information content (AvgIpc) is 2.51. The van der Waals surface area contributed by atoms with Gasteiger partial charge in [-0.05, 0) is 70.5 Å². The second kappa shape index (κ2) is 7.51. The van der Waals surface area contributed by atoms with Crippen LogP contribution in [0.1, 0.15) is 46.6 Å². The lowest BCUT2D eigenvalue weighted by Gasteiger charge is -2.44. The Labute approximate surface area is 151 Å². The molecule has 0 bridgehead atoms. The normalized spacial score (nSPS) is 19.8. The molecule has 1 N–H and O–H groups in total. The van der Waals surface area contributed by atoms with Crippen molar-refractivity contribution >= 4 is 28.9 Å². The summed E-state index contributed by atoms with van der Waals surface area (Å²) in [6.07, 6.45) is 1.96. The molecule has 5 heteroatoms. The van der Waals surface area contributed by atoms with Gasteiger partial charge in [0, 0.05) is 23.8 Å². The lowest BCUT2D eigenvalue weighted by atomic mass is 9.93. The number of carbonyl (C=O) groups excluding carboxylic acids is 1. The number of rotatable bonds is 5. The van der Waals surface area contributed by atoms with Gasteiger partial charge in [-0.2, -0.15) is 0 Å². The number of benzene rings is 1. The zero-order valence-electron chi connectivity index (χ0n) is 15.4. The number of hydrogen-bond donors (Lipinski definition) is 1. The molecule has 1 aliphatic heterocycles. The van der Waals surface area contributed by atoms with Gasteiger partial charge in [0.15, 0.2) is 5.11 Å². The van der Waals surface area contributed by atoms with Gasteiger partial charge in [0.05, 0.1) is 6.54 Å². The molecule has 1 aromatic carbocycles. The maximum absolute atomic E-state index is 12.8. The highest BCUT2D eigenvalue weighted by Gasteiger charge is 2.34. The first-order chi connectivity index (χ1) is 11.3. The van der Waals surface area contributed by atoms with Crippen LogP contribution in [0.15, 0.2) is 24.3 Å². The van der Waals surface area contributed by atoms with E-state index in [0.717, 1.165) is 18.5 Å². The number of carbonyl (C=O) groups is 1. The molecule has 0 unspecified atom stereocenters. The summed E-state index contributed by atoms with van der Waals surface area (Å²) in [4.78, 5) is 16.7. The van der Waals surface area contributed by atoms with Gasteiger partial charge in [-0.25, -0.2) is 0 Å². The predicted octanol–water partition coefficient (Wildman–Crippen LogP) is 3.35. The molecule has 4 nitrogen and oxygen atoms in total. The summed E-state index contributed by atoms with van der Waals surface area (Å²) in [5.74, 6) is 0.0810. The predicted molar refractivity (Wildman–Crippen MR) is 104 cm³/mol. The molecule has 1 atom stereocenters. The van der Waals surface area contributed by atoms with E-state index >= 15 is 0 Å². The highest BCUT2D eigenvalue weighted by atomic mass is 32.1. The number of anilines is 1. The number of likely N-dealkylation sites (N-methyl/N-ethyl adjacent to an activating group) is 1. The zero-order valence-corrected chi connectivity index (χ0v) is 16.2. The molecule has 1 aliphatic rings. The van der Waals surface area contributed by atoms with Crippen molar-refractivity contribution < 1.29 is 4.79 Å². The van der Waals surface area contributed by atoms with Crippen molar-refractivity contribution in [1.82, 2.24) is 10.2 Å². The quantitative estimate of drug-likeness (QED) is 0.829. The van der Waals surface area contributed by atoms with Crippen molar-refractivity contribution in [3.63, 3.8) is 0 Å². The van der Waals surface area contributed by atoms with Crippen molar-refractivity contribution in [2.45, 2.75) is 59.0 Å². The van der Waals surface area contributed by atoms with Gasteiger partial charge in [0.1, 0.15) is 0 Å². The Hall–Kier alpha value is -1.62. The number of nitrogens with one attached hydrogen (secondary N) is 1. The van der Waals surface area contributed by atoms with Crippen LogP contribution < -0.4 is 10.2 Å². The third-order valence-corrected chi connectivity index (χ3v) is 4.96. The number of aryl methyl sites for hydroxylation is 1. The van der Waals surface area contributed by atoms with E-state index in [-0.39, 0.29) is 17.5 Å². The van der Waals surface area contributed by atoms with E-state index in [9.17, 15) is 4.79 Å². The monoisotopic (exact) mass is 347 g/mol. The lowest BCUT2D eigenvalue weighted by molar-refractivity contribution is -0.119. The van der Waals surface area contributed by atoms with Crippen LogP contribution in [0.2, 0.25) is 0 Å². The minimum absolute atomic E-state index is 0.0174. The topological polar surface area (TPSA) is 35.6 Å². The number of amides is 1. The number of hydrogen-bond acceptors (Lipinski definition) is 2. The molecular formula is C19H29N3OS. The van der Waals surface area contributed by atoms with Crippen LogP contribution in [-0.2, 0) is 11.2 Å². The number of thiocarbonyl (C=S) groups is 1. The van der Waals surface area contributed by atoms with Crippen LogP contribution in [0.25, 0.3) is 0 Å². The molecule has 1 saturated heterocycles. The first kappa shape index (κ1) is 18.7. The first-order valence-corrected chi connectivity index (χ1v) is 9.16. The second-order valence-corrected chi connectivity index (χ2v) is 7.54. The Balaban J connectivity index is 2.10. The second-order valence-electron chi connectivity index (χ2n) is 7.15. The molecule has 1 heterocycles. The molecule has 2 rings (SSSR count). The zero-order chi connectivity index (χ0) is 17.9. The smallest absolute Gasteiger partial charge is 0.246 e. The molecule has 0 radical (unpaired) electrons. The Morgan fingerprint density at radius 3 is 2.46 bits per heavy atom. The van der Waals surface area contributed by atoms with Crippen molar-refractivity contribution in [3.05, 3.63) is 29.8 Å². The maximum atomic E-state index is 12.8. The largest absolute Gasteiger partial charge is 0.358 e. The van der Waals surface area contributed by atoms with E-state index in [0.29, 0.717) is 18.2 Å². The summed E-state index contributed by atoms with van der Waals surface area (Å²) >= 11 is 5.49. The lowest BCUT2D eigenvalue weighted by Crippen LogP contribution is -2.61. The van der Waals surface area contributed by atoms with E-state index in [2.05, 4.69) is 45.1 Å². The van der Waals surface area contributed by atoms with Crippen LogP contribution in [0.3, 0.4) is 0 Å². The van der Waals surface area contributed by atoms with Gasteiger partial charge in [0.25, 0.3) is 0 Å². The average molecular weight is 348 g/mol. The Bertz CT molecular complexity index is 597. The van der Waals surface area contributed by atoms with Crippen LogP contribution in [0.4, 0.5) is 5.69 Å². The van der Waals surface area contributed by atoms with E-state index in [1.807, 2.05) is 28.9 Å². The van der Waals surface area contributed by atoms with Gasteiger partial charge in [-0.1, -0.05) is 19.1 Å². The molecule has 1 fully saturated rings. The van der Waals surface area contributed by atoms with Crippen molar-refractivity contribution in [2.24, 2.45) is 0 Å². The third kappa shape index (κ3) is 4.26. The van der Waals surface area contributed by atoms with E-state index in [1.165, 1.54) is 5.56 Å². The van der Waals surface area contributed by atoms with Crippen LogP contribution in [0, 0.1) is 0 Å². The first-order valence-electron chi connectivity index (χ1n) is 8.75. The molecule has 132 valence electrons. The van der Waals surface area contributed by atoms with Crippen LogP contribution in [0.5, 0.6) is 0 Å².